The molecule has 7 nitrogen and oxygen atoms in total. The van der Waals surface area contributed by atoms with Crippen molar-refractivity contribution >= 4 is 17.5 Å². The lowest BCUT2D eigenvalue weighted by atomic mass is 10.1. The maximum absolute atomic E-state index is 12.8. The second-order valence-electron chi connectivity index (χ2n) is 6.84. The molecule has 1 saturated heterocycles. The van der Waals surface area contributed by atoms with E-state index in [0.717, 1.165) is 23.6 Å². The topological polar surface area (TPSA) is 66.6 Å². The van der Waals surface area contributed by atoms with E-state index in [4.69, 9.17) is 0 Å². The van der Waals surface area contributed by atoms with Crippen molar-refractivity contribution in [2.45, 2.75) is 27.3 Å². The van der Waals surface area contributed by atoms with E-state index in [1.54, 1.807) is 4.52 Å². The summed E-state index contributed by atoms with van der Waals surface area (Å²) < 4.78 is 1.73. The zero-order valence-corrected chi connectivity index (χ0v) is 15.3. The van der Waals surface area contributed by atoms with E-state index in [0.29, 0.717) is 25.4 Å². The summed E-state index contributed by atoms with van der Waals surface area (Å²) in [5.74, 6) is 1.60. The van der Waals surface area contributed by atoms with E-state index >= 15 is 0 Å². The Hall–Kier alpha value is -2.96. The fraction of sp³-hybridized carbons (Fsp3) is 0.368. The number of piperazine rings is 1. The van der Waals surface area contributed by atoms with Crippen molar-refractivity contribution < 1.29 is 4.79 Å². The standard InChI is InChI=1S/C19H22N6O/c1-13-5-4-6-16(9-13)10-23-7-8-24(11-17(23)26)18-14(2)15(3)22-19-20-12-21-25(18)19/h4-6,9,12H,7-8,10-11H2,1-3H3. The zero-order valence-electron chi connectivity index (χ0n) is 15.3. The highest BCUT2D eigenvalue weighted by molar-refractivity contribution is 5.83. The van der Waals surface area contributed by atoms with E-state index in [1.807, 2.05) is 24.8 Å². The first kappa shape index (κ1) is 16.5. The first-order valence-electron chi connectivity index (χ1n) is 8.78. The molecule has 0 unspecified atom stereocenters. The predicted molar refractivity (Wildman–Crippen MR) is 99.1 cm³/mol. The van der Waals surface area contributed by atoms with Gasteiger partial charge in [-0.25, -0.2) is 4.98 Å². The van der Waals surface area contributed by atoms with Crippen LogP contribution in [0.5, 0.6) is 0 Å². The van der Waals surface area contributed by atoms with Crippen LogP contribution >= 0.6 is 0 Å². The van der Waals surface area contributed by atoms with Gasteiger partial charge in [-0.3, -0.25) is 4.79 Å². The molecule has 1 fully saturated rings. The van der Waals surface area contributed by atoms with Crippen molar-refractivity contribution in [1.82, 2.24) is 24.5 Å². The van der Waals surface area contributed by atoms with Crippen molar-refractivity contribution in [2.75, 3.05) is 24.5 Å². The van der Waals surface area contributed by atoms with Crippen LogP contribution in [0.3, 0.4) is 0 Å². The molecule has 0 bridgehead atoms. The molecule has 0 N–H and O–H groups in total. The lowest BCUT2D eigenvalue weighted by Crippen LogP contribution is -2.50. The molecule has 1 aromatic carbocycles. The third-order valence-electron chi connectivity index (χ3n) is 4.95. The van der Waals surface area contributed by atoms with Crippen LogP contribution in [0.15, 0.2) is 30.6 Å². The molecule has 1 amide bonds. The Morgan fingerprint density at radius 3 is 2.77 bits per heavy atom. The lowest BCUT2D eigenvalue weighted by molar-refractivity contribution is -0.131. The molecule has 0 spiro atoms. The number of anilines is 1. The molecule has 134 valence electrons. The Balaban J connectivity index is 1.57. The van der Waals surface area contributed by atoms with Gasteiger partial charge >= 0.3 is 0 Å². The van der Waals surface area contributed by atoms with Crippen LogP contribution in [0.1, 0.15) is 22.4 Å². The number of fused-ring (bicyclic) bond motifs is 1. The van der Waals surface area contributed by atoms with Crippen molar-refractivity contribution in [3.8, 4) is 0 Å². The Labute approximate surface area is 152 Å². The van der Waals surface area contributed by atoms with Crippen LogP contribution in [0, 0.1) is 20.8 Å². The summed E-state index contributed by atoms with van der Waals surface area (Å²) in [6.07, 6.45) is 1.50. The zero-order chi connectivity index (χ0) is 18.3. The first-order valence-corrected chi connectivity index (χ1v) is 8.78. The van der Waals surface area contributed by atoms with Gasteiger partial charge < -0.3 is 9.80 Å². The van der Waals surface area contributed by atoms with E-state index < -0.39 is 0 Å². The highest BCUT2D eigenvalue weighted by Crippen LogP contribution is 2.24. The van der Waals surface area contributed by atoms with Crippen LogP contribution in [-0.2, 0) is 11.3 Å². The number of nitrogens with zero attached hydrogens (tertiary/aromatic N) is 6. The average Bonchev–Trinajstić information content (AvgIpc) is 3.05. The minimum atomic E-state index is 0.125. The monoisotopic (exact) mass is 350 g/mol. The van der Waals surface area contributed by atoms with Crippen molar-refractivity contribution in [2.24, 2.45) is 0 Å². The summed E-state index contributed by atoms with van der Waals surface area (Å²) in [5.41, 5.74) is 4.32. The second kappa shape index (κ2) is 6.40. The Morgan fingerprint density at radius 2 is 2.00 bits per heavy atom. The fourth-order valence-corrected chi connectivity index (χ4v) is 3.47. The maximum atomic E-state index is 12.8. The minimum absolute atomic E-state index is 0.125. The quantitative estimate of drug-likeness (QED) is 0.722. The Kier molecular flexibility index (Phi) is 4.06. The molecule has 0 aliphatic carbocycles. The third-order valence-corrected chi connectivity index (χ3v) is 4.95. The predicted octanol–water partition coefficient (Wildman–Crippen LogP) is 1.90. The highest BCUT2D eigenvalue weighted by atomic mass is 16.2. The Bertz CT molecular complexity index is 979. The number of amides is 1. The van der Waals surface area contributed by atoms with E-state index in [2.05, 4.69) is 45.1 Å². The average molecular weight is 350 g/mol. The Morgan fingerprint density at radius 1 is 1.15 bits per heavy atom. The van der Waals surface area contributed by atoms with Gasteiger partial charge in [-0.05, 0) is 26.3 Å². The number of rotatable bonds is 3. The van der Waals surface area contributed by atoms with Gasteiger partial charge in [0.2, 0.25) is 5.91 Å². The third kappa shape index (κ3) is 2.89. The van der Waals surface area contributed by atoms with Gasteiger partial charge in [0.25, 0.3) is 5.78 Å². The van der Waals surface area contributed by atoms with Crippen LogP contribution in [-0.4, -0.2) is 50.0 Å². The molecule has 3 aromatic rings. The summed E-state index contributed by atoms with van der Waals surface area (Å²) >= 11 is 0. The number of benzene rings is 1. The number of carbonyl (C=O) groups excluding carboxylic acids is 1. The molecule has 3 heterocycles. The molecule has 7 heteroatoms. The fourth-order valence-electron chi connectivity index (χ4n) is 3.47. The summed E-state index contributed by atoms with van der Waals surface area (Å²) in [4.78, 5) is 25.4. The summed E-state index contributed by atoms with van der Waals surface area (Å²) in [5, 5.41) is 4.29. The SMILES string of the molecule is Cc1cccc(CN2CCN(c3c(C)c(C)nc4ncnn34)CC2=O)c1. The number of hydrogen-bond donors (Lipinski definition) is 0. The van der Waals surface area contributed by atoms with Gasteiger partial charge in [-0.1, -0.05) is 29.8 Å². The molecule has 1 aliphatic heterocycles. The van der Waals surface area contributed by atoms with Crippen LogP contribution in [0.25, 0.3) is 5.78 Å². The largest absolute Gasteiger partial charge is 0.345 e. The lowest BCUT2D eigenvalue weighted by Gasteiger charge is -2.36. The van der Waals surface area contributed by atoms with Crippen LogP contribution < -0.4 is 4.90 Å². The van der Waals surface area contributed by atoms with Gasteiger partial charge in [0.15, 0.2) is 0 Å². The molecule has 0 atom stereocenters. The smallest absolute Gasteiger partial charge is 0.254 e. The van der Waals surface area contributed by atoms with Gasteiger partial charge in [-0.2, -0.15) is 14.6 Å². The molecular weight excluding hydrogens is 328 g/mol. The highest BCUT2D eigenvalue weighted by Gasteiger charge is 2.27. The summed E-state index contributed by atoms with van der Waals surface area (Å²) in [7, 11) is 0. The number of aryl methyl sites for hydroxylation is 2. The normalized spacial score (nSPS) is 15.1. The van der Waals surface area contributed by atoms with Crippen LogP contribution in [0.2, 0.25) is 0 Å². The minimum Gasteiger partial charge on any atom is -0.345 e. The molecule has 4 rings (SSSR count). The van der Waals surface area contributed by atoms with Gasteiger partial charge in [-0.15, -0.1) is 0 Å². The van der Waals surface area contributed by atoms with E-state index in [9.17, 15) is 4.79 Å². The number of hydrogen-bond acceptors (Lipinski definition) is 5. The van der Waals surface area contributed by atoms with Gasteiger partial charge in [0.05, 0.1) is 6.54 Å². The molecule has 26 heavy (non-hydrogen) atoms. The number of carbonyl (C=O) groups is 1. The van der Waals surface area contributed by atoms with Crippen LogP contribution in [0.4, 0.5) is 5.82 Å². The molecule has 0 saturated carbocycles. The van der Waals surface area contributed by atoms with Crippen molar-refractivity contribution in [1.29, 1.82) is 0 Å². The first-order chi connectivity index (χ1) is 12.5. The summed E-state index contributed by atoms with van der Waals surface area (Å²) in [6, 6.07) is 8.31. The van der Waals surface area contributed by atoms with Gasteiger partial charge in [0.1, 0.15) is 12.1 Å². The molecule has 0 radical (unpaired) electrons. The van der Waals surface area contributed by atoms with Crippen molar-refractivity contribution in [3.05, 3.63) is 53.0 Å². The second-order valence-corrected chi connectivity index (χ2v) is 6.84. The van der Waals surface area contributed by atoms with Gasteiger partial charge in [0, 0.05) is 30.9 Å². The maximum Gasteiger partial charge on any atom is 0.254 e. The molecular formula is C19H22N6O. The summed E-state index contributed by atoms with van der Waals surface area (Å²) in [6.45, 7) is 8.49. The molecule has 2 aromatic heterocycles. The van der Waals surface area contributed by atoms with E-state index in [1.165, 1.54) is 17.5 Å². The number of aromatic nitrogens is 4. The molecule has 1 aliphatic rings. The van der Waals surface area contributed by atoms with E-state index in [-0.39, 0.29) is 5.91 Å². The van der Waals surface area contributed by atoms with Crippen molar-refractivity contribution in [3.63, 3.8) is 0 Å².